The number of nitrogens with one attached hydrogen (secondary N) is 1. The number of aryl methyl sites for hydroxylation is 2. The topological polar surface area (TPSA) is 29.9 Å². The zero-order valence-corrected chi connectivity index (χ0v) is 12.2. The Morgan fingerprint density at radius 3 is 2.94 bits per heavy atom. The van der Waals surface area contributed by atoms with E-state index >= 15 is 0 Å². The molecule has 0 fully saturated rings. The van der Waals surface area contributed by atoms with Crippen LogP contribution in [-0.4, -0.2) is 9.78 Å². The molecule has 0 saturated carbocycles. The maximum absolute atomic E-state index is 4.45. The highest BCUT2D eigenvalue weighted by atomic mass is 79.9. The molecule has 0 saturated heterocycles. The van der Waals surface area contributed by atoms with Gasteiger partial charge in [0, 0.05) is 26.1 Å². The normalized spacial score (nSPS) is 18.1. The van der Waals surface area contributed by atoms with Gasteiger partial charge in [0.2, 0.25) is 0 Å². The number of hydrogen-bond donors (Lipinski definition) is 1. The van der Waals surface area contributed by atoms with Gasteiger partial charge >= 0.3 is 0 Å². The van der Waals surface area contributed by atoms with Gasteiger partial charge in [-0.05, 0) is 34.0 Å². The van der Waals surface area contributed by atoms with Crippen LogP contribution in [-0.2, 0) is 20.0 Å². The van der Waals surface area contributed by atoms with Crippen molar-refractivity contribution < 1.29 is 0 Å². The van der Waals surface area contributed by atoms with Crippen LogP contribution in [0.4, 0.5) is 0 Å². The van der Waals surface area contributed by atoms with Gasteiger partial charge in [0.1, 0.15) is 0 Å². The minimum Gasteiger partial charge on any atom is -0.305 e. The molecule has 1 aliphatic heterocycles. The molecule has 3 rings (SSSR count). The maximum atomic E-state index is 4.45. The fraction of sp³-hybridized carbons (Fsp3) is 0.357. The summed E-state index contributed by atoms with van der Waals surface area (Å²) in [5, 5.41) is 8.02. The lowest BCUT2D eigenvalue weighted by Gasteiger charge is -2.12. The molecule has 0 amide bonds. The van der Waals surface area contributed by atoms with E-state index in [9.17, 15) is 0 Å². The number of benzene rings is 1. The van der Waals surface area contributed by atoms with Gasteiger partial charge in [-0.1, -0.05) is 24.3 Å². The summed E-state index contributed by atoms with van der Waals surface area (Å²) in [5.41, 5.74) is 5.14. The number of halogens is 1. The summed E-state index contributed by atoms with van der Waals surface area (Å²) in [6.45, 7) is 3.00. The second-order valence-corrected chi connectivity index (χ2v) is 5.60. The first-order valence-corrected chi connectivity index (χ1v) is 6.95. The van der Waals surface area contributed by atoms with Gasteiger partial charge in [-0.2, -0.15) is 5.10 Å². The van der Waals surface area contributed by atoms with E-state index in [4.69, 9.17) is 0 Å². The second-order valence-electron chi connectivity index (χ2n) is 4.81. The van der Waals surface area contributed by atoms with Gasteiger partial charge in [0.05, 0.1) is 15.9 Å². The molecule has 1 aromatic carbocycles. The Morgan fingerprint density at radius 1 is 1.44 bits per heavy atom. The van der Waals surface area contributed by atoms with E-state index in [1.807, 2.05) is 18.7 Å². The van der Waals surface area contributed by atoms with Crippen LogP contribution < -0.4 is 5.32 Å². The smallest absolute Gasteiger partial charge is 0.0738 e. The number of rotatable bonds is 2. The van der Waals surface area contributed by atoms with Crippen LogP contribution in [0.15, 0.2) is 28.7 Å². The summed E-state index contributed by atoms with van der Waals surface area (Å²) < 4.78 is 3.11. The van der Waals surface area contributed by atoms with E-state index in [0.717, 1.165) is 23.1 Å². The van der Waals surface area contributed by atoms with Crippen molar-refractivity contribution in [1.29, 1.82) is 0 Å². The number of aromatic nitrogens is 2. The fourth-order valence-corrected chi connectivity index (χ4v) is 3.15. The lowest BCUT2D eigenvalue weighted by atomic mass is 10.0. The molecule has 0 radical (unpaired) electrons. The van der Waals surface area contributed by atoms with Crippen LogP contribution >= 0.6 is 15.9 Å². The predicted molar refractivity (Wildman–Crippen MR) is 75.4 cm³/mol. The molecule has 0 aliphatic carbocycles. The summed E-state index contributed by atoms with van der Waals surface area (Å²) in [5.74, 6) is 0. The lowest BCUT2D eigenvalue weighted by molar-refractivity contribution is 0.553. The Balaban J connectivity index is 1.91. The average molecular weight is 306 g/mol. The van der Waals surface area contributed by atoms with Gasteiger partial charge in [0.25, 0.3) is 0 Å². The fourth-order valence-electron chi connectivity index (χ4n) is 2.66. The van der Waals surface area contributed by atoms with Gasteiger partial charge in [-0.3, -0.25) is 4.68 Å². The second kappa shape index (κ2) is 4.52. The average Bonchev–Trinajstić information content (AvgIpc) is 2.87. The van der Waals surface area contributed by atoms with Gasteiger partial charge in [0.15, 0.2) is 0 Å². The Morgan fingerprint density at radius 2 is 2.22 bits per heavy atom. The molecular formula is C14H16BrN3. The van der Waals surface area contributed by atoms with Crippen LogP contribution in [0.2, 0.25) is 0 Å². The van der Waals surface area contributed by atoms with E-state index in [1.54, 1.807) is 0 Å². The van der Waals surface area contributed by atoms with Crippen molar-refractivity contribution in [3.63, 3.8) is 0 Å². The van der Waals surface area contributed by atoms with Crippen LogP contribution in [0.5, 0.6) is 0 Å². The first kappa shape index (κ1) is 11.9. The van der Waals surface area contributed by atoms with Crippen molar-refractivity contribution in [1.82, 2.24) is 15.1 Å². The van der Waals surface area contributed by atoms with Crippen molar-refractivity contribution in [3.8, 4) is 0 Å². The summed E-state index contributed by atoms with van der Waals surface area (Å²) in [4.78, 5) is 0. The molecule has 2 heterocycles. The maximum Gasteiger partial charge on any atom is 0.0738 e. The highest BCUT2D eigenvalue weighted by molar-refractivity contribution is 9.10. The molecular weight excluding hydrogens is 290 g/mol. The SMILES string of the molecule is Cc1nn(C)c(CC2NCc3ccccc32)c1Br. The van der Waals surface area contributed by atoms with Crippen molar-refractivity contribution >= 4 is 15.9 Å². The zero-order chi connectivity index (χ0) is 12.7. The lowest BCUT2D eigenvalue weighted by Crippen LogP contribution is -2.16. The Kier molecular flexibility index (Phi) is 2.99. The third-order valence-electron chi connectivity index (χ3n) is 3.63. The monoisotopic (exact) mass is 305 g/mol. The highest BCUT2D eigenvalue weighted by Gasteiger charge is 2.24. The predicted octanol–water partition coefficient (Wildman–Crippen LogP) is 2.88. The molecule has 1 N–H and O–H groups in total. The van der Waals surface area contributed by atoms with E-state index < -0.39 is 0 Å². The van der Waals surface area contributed by atoms with Gasteiger partial charge in [-0.15, -0.1) is 0 Å². The Labute approximate surface area is 115 Å². The van der Waals surface area contributed by atoms with Crippen LogP contribution in [0, 0.1) is 6.92 Å². The molecule has 1 aliphatic rings. The van der Waals surface area contributed by atoms with Crippen molar-refractivity contribution in [2.75, 3.05) is 0 Å². The summed E-state index contributed by atoms with van der Waals surface area (Å²) in [6, 6.07) is 9.03. The van der Waals surface area contributed by atoms with Gasteiger partial charge < -0.3 is 5.32 Å². The minimum absolute atomic E-state index is 0.396. The largest absolute Gasteiger partial charge is 0.305 e. The highest BCUT2D eigenvalue weighted by Crippen LogP contribution is 2.30. The summed E-state index contributed by atoms with van der Waals surface area (Å²) in [6.07, 6.45) is 0.967. The Bertz CT molecular complexity index is 589. The first-order chi connectivity index (χ1) is 8.66. The van der Waals surface area contributed by atoms with Crippen LogP contribution in [0.3, 0.4) is 0 Å². The zero-order valence-electron chi connectivity index (χ0n) is 10.6. The molecule has 2 aromatic rings. The van der Waals surface area contributed by atoms with Crippen molar-refractivity contribution in [2.24, 2.45) is 7.05 Å². The van der Waals surface area contributed by atoms with E-state index in [0.29, 0.717) is 6.04 Å². The molecule has 1 unspecified atom stereocenters. The number of hydrogen-bond acceptors (Lipinski definition) is 2. The Hall–Kier alpha value is -1.13. The molecule has 4 heteroatoms. The molecule has 94 valence electrons. The molecule has 0 spiro atoms. The molecule has 1 atom stereocenters. The molecule has 3 nitrogen and oxygen atoms in total. The third-order valence-corrected chi connectivity index (χ3v) is 4.66. The van der Waals surface area contributed by atoms with Crippen molar-refractivity contribution in [2.45, 2.75) is 25.9 Å². The molecule has 1 aromatic heterocycles. The van der Waals surface area contributed by atoms with Crippen LogP contribution in [0.25, 0.3) is 0 Å². The van der Waals surface area contributed by atoms with Crippen molar-refractivity contribution in [3.05, 3.63) is 51.3 Å². The summed E-state index contributed by atoms with van der Waals surface area (Å²) in [7, 11) is 2.01. The third kappa shape index (κ3) is 1.89. The molecule has 18 heavy (non-hydrogen) atoms. The van der Waals surface area contributed by atoms with E-state index in [2.05, 4.69) is 50.6 Å². The quantitative estimate of drug-likeness (QED) is 0.924. The number of fused-ring (bicyclic) bond motifs is 1. The number of nitrogens with zero attached hydrogens (tertiary/aromatic N) is 2. The van der Waals surface area contributed by atoms with E-state index in [1.165, 1.54) is 16.8 Å². The first-order valence-electron chi connectivity index (χ1n) is 6.16. The standard InChI is InChI=1S/C14H16BrN3/c1-9-14(15)13(18(2)17-9)7-12-11-6-4-3-5-10(11)8-16-12/h3-6,12,16H,7-8H2,1-2H3. The van der Waals surface area contributed by atoms with Crippen LogP contribution in [0.1, 0.15) is 28.6 Å². The summed E-state index contributed by atoms with van der Waals surface area (Å²) >= 11 is 3.64. The van der Waals surface area contributed by atoms with E-state index in [-0.39, 0.29) is 0 Å². The molecule has 0 bridgehead atoms. The minimum atomic E-state index is 0.396. The van der Waals surface area contributed by atoms with Gasteiger partial charge in [-0.25, -0.2) is 0 Å².